The molecule has 0 amide bonds. The van der Waals surface area contributed by atoms with Gasteiger partial charge in [-0.1, -0.05) is 12.1 Å². The number of aromatic amines is 1. The minimum absolute atomic E-state index is 0.254. The fraction of sp³-hybridized carbons (Fsp3) is 0.150. The third-order valence-corrected chi connectivity index (χ3v) is 5.52. The first-order valence-electron chi connectivity index (χ1n) is 8.75. The maximum Gasteiger partial charge on any atom is 0.330 e. The summed E-state index contributed by atoms with van der Waals surface area (Å²) in [6.07, 6.45) is 1.62. The summed E-state index contributed by atoms with van der Waals surface area (Å²) in [4.78, 5) is 32.9. The van der Waals surface area contributed by atoms with Crippen molar-refractivity contribution < 1.29 is 9.47 Å². The van der Waals surface area contributed by atoms with E-state index in [-0.39, 0.29) is 6.54 Å². The molecule has 28 heavy (non-hydrogen) atoms. The van der Waals surface area contributed by atoms with E-state index in [0.717, 1.165) is 16.0 Å². The molecule has 1 aromatic carbocycles. The molecular weight excluding hydrogens is 378 g/mol. The van der Waals surface area contributed by atoms with Crippen molar-refractivity contribution in [3.05, 3.63) is 74.4 Å². The molecule has 0 aliphatic carbocycles. The Labute approximate surface area is 162 Å². The van der Waals surface area contributed by atoms with E-state index in [0.29, 0.717) is 35.7 Å². The summed E-state index contributed by atoms with van der Waals surface area (Å²) in [6.45, 7) is 1.26. The van der Waals surface area contributed by atoms with Crippen LogP contribution in [0.3, 0.4) is 0 Å². The van der Waals surface area contributed by atoms with Gasteiger partial charge >= 0.3 is 5.69 Å². The molecule has 4 aromatic rings. The number of rotatable bonds is 3. The van der Waals surface area contributed by atoms with E-state index in [4.69, 9.17) is 9.47 Å². The zero-order valence-electron chi connectivity index (χ0n) is 14.7. The average Bonchev–Trinajstić information content (AvgIpc) is 3.25. The van der Waals surface area contributed by atoms with E-state index in [1.165, 1.54) is 15.9 Å². The Hall–Kier alpha value is -3.39. The van der Waals surface area contributed by atoms with Gasteiger partial charge in [-0.05, 0) is 35.2 Å². The molecule has 0 radical (unpaired) electrons. The maximum atomic E-state index is 12.6. The molecule has 3 aromatic heterocycles. The number of thiophene rings is 1. The summed E-state index contributed by atoms with van der Waals surface area (Å²) < 4.78 is 12.6. The van der Waals surface area contributed by atoms with Gasteiger partial charge in [0.15, 0.2) is 11.5 Å². The van der Waals surface area contributed by atoms with Gasteiger partial charge in [0, 0.05) is 16.6 Å². The number of hydrogen-bond acceptors (Lipinski definition) is 6. The van der Waals surface area contributed by atoms with Crippen molar-refractivity contribution in [3.63, 3.8) is 0 Å². The molecule has 1 aliphatic heterocycles. The number of pyridine rings is 1. The van der Waals surface area contributed by atoms with Crippen LogP contribution in [-0.4, -0.2) is 27.7 Å². The van der Waals surface area contributed by atoms with Crippen molar-refractivity contribution in [2.75, 3.05) is 13.2 Å². The Morgan fingerprint density at radius 2 is 1.96 bits per heavy atom. The summed E-state index contributed by atoms with van der Waals surface area (Å²) >= 11 is 1.53. The van der Waals surface area contributed by atoms with Crippen molar-refractivity contribution >= 4 is 22.4 Å². The molecular formula is C20H15N3O4S. The summed E-state index contributed by atoms with van der Waals surface area (Å²) in [6, 6.07) is 11.2. The number of nitrogens with one attached hydrogen (secondary N) is 1. The quantitative estimate of drug-likeness (QED) is 0.578. The fourth-order valence-corrected chi connectivity index (χ4v) is 4.11. The van der Waals surface area contributed by atoms with Crippen LogP contribution in [-0.2, 0) is 6.54 Å². The van der Waals surface area contributed by atoms with Crippen molar-refractivity contribution in [3.8, 4) is 21.9 Å². The Bertz CT molecular complexity index is 1290. The topological polar surface area (TPSA) is 86.2 Å². The monoisotopic (exact) mass is 393 g/mol. The molecule has 4 heterocycles. The van der Waals surface area contributed by atoms with E-state index in [2.05, 4.69) is 9.97 Å². The van der Waals surface area contributed by atoms with E-state index >= 15 is 0 Å². The van der Waals surface area contributed by atoms with Crippen LogP contribution in [0.15, 0.2) is 57.6 Å². The van der Waals surface area contributed by atoms with Gasteiger partial charge in [0.2, 0.25) is 0 Å². The molecule has 8 heteroatoms. The molecule has 1 N–H and O–H groups in total. The first-order chi connectivity index (χ1) is 13.7. The van der Waals surface area contributed by atoms with Crippen molar-refractivity contribution in [2.24, 2.45) is 0 Å². The fourth-order valence-electron chi connectivity index (χ4n) is 3.36. The molecule has 0 unspecified atom stereocenters. The van der Waals surface area contributed by atoms with Gasteiger partial charge in [-0.25, -0.2) is 9.78 Å². The van der Waals surface area contributed by atoms with Crippen LogP contribution in [0.5, 0.6) is 11.5 Å². The second-order valence-corrected chi connectivity index (χ2v) is 7.31. The number of H-pyrrole nitrogens is 1. The highest BCUT2D eigenvalue weighted by Gasteiger charge is 2.16. The van der Waals surface area contributed by atoms with Gasteiger partial charge < -0.3 is 9.47 Å². The molecule has 0 saturated carbocycles. The van der Waals surface area contributed by atoms with Crippen LogP contribution in [0.2, 0.25) is 0 Å². The first-order valence-corrected chi connectivity index (χ1v) is 9.63. The lowest BCUT2D eigenvalue weighted by molar-refractivity contribution is 0.171. The molecule has 5 rings (SSSR count). The first kappa shape index (κ1) is 16.8. The number of fused-ring (bicyclic) bond motifs is 2. The minimum Gasteiger partial charge on any atom is -0.486 e. The van der Waals surface area contributed by atoms with Crippen LogP contribution >= 0.6 is 11.3 Å². The molecule has 140 valence electrons. The van der Waals surface area contributed by atoms with Crippen molar-refractivity contribution in [1.29, 1.82) is 0 Å². The molecule has 0 atom stereocenters. The van der Waals surface area contributed by atoms with Gasteiger partial charge in [-0.2, -0.15) is 0 Å². The highest BCUT2D eigenvalue weighted by atomic mass is 32.1. The largest absolute Gasteiger partial charge is 0.486 e. The van der Waals surface area contributed by atoms with Crippen LogP contribution < -0.4 is 20.7 Å². The van der Waals surface area contributed by atoms with Crippen molar-refractivity contribution in [2.45, 2.75) is 6.54 Å². The van der Waals surface area contributed by atoms with E-state index in [9.17, 15) is 9.59 Å². The number of nitrogens with zero attached hydrogens (tertiary/aromatic N) is 2. The lowest BCUT2D eigenvalue weighted by atomic mass is 10.1. The number of benzene rings is 1. The van der Waals surface area contributed by atoms with Gasteiger partial charge in [-0.15, -0.1) is 11.3 Å². The smallest absolute Gasteiger partial charge is 0.330 e. The minimum atomic E-state index is -0.497. The molecule has 7 nitrogen and oxygen atoms in total. The van der Waals surface area contributed by atoms with Gasteiger partial charge in [0.1, 0.15) is 18.9 Å². The zero-order chi connectivity index (χ0) is 19.1. The molecule has 0 spiro atoms. The molecule has 0 bridgehead atoms. The van der Waals surface area contributed by atoms with Crippen LogP contribution in [0, 0.1) is 0 Å². The van der Waals surface area contributed by atoms with E-state index < -0.39 is 11.2 Å². The van der Waals surface area contributed by atoms with Crippen LogP contribution in [0.4, 0.5) is 0 Å². The van der Waals surface area contributed by atoms with Crippen LogP contribution in [0.25, 0.3) is 21.5 Å². The Balaban J connectivity index is 1.67. The van der Waals surface area contributed by atoms with Crippen LogP contribution in [0.1, 0.15) is 5.56 Å². The second kappa shape index (κ2) is 6.65. The Kier molecular flexibility index (Phi) is 3.98. The number of ether oxygens (including phenoxy) is 2. The third kappa shape index (κ3) is 2.78. The number of aromatic nitrogens is 3. The normalized spacial score (nSPS) is 13.0. The van der Waals surface area contributed by atoms with E-state index in [1.54, 1.807) is 12.3 Å². The highest BCUT2D eigenvalue weighted by molar-refractivity contribution is 7.13. The Morgan fingerprint density at radius 1 is 1.11 bits per heavy atom. The summed E-state index contributed by atoms with van der Waals surface area (Å²) in [7, 11) is 0. The second-order valence-electron chi connectivity index (χ2n) is 6.36. The predicted molar refractivity (Wildman–Crippen MR) is 106 cm³/mol. The lowest BCUT2D eigenvalue weighted by Gasteiger charge is -2.19. The summed E-state index contributed by atoms with van der Waals surface area (Å²) in [5.41, 5.74) is 1.04. The SMILES string of the molecule is O=c1[nH]c(=O)n(Cc2ccc3c(c2)OCCO3)c2nccc(-c3cccs3)c12. The zero-order valence-corrected chi connectivity index (χ0v) is 15.5. The van der Waals surface area contributed by atoms with Crippen molar-refractivity contribution in [1.82, 2.24) is 14.5 Å². The lowest BCUT2D eigenvalue weighted by Crippen LogP contribution is -2.31. The van der Waals surface area contributed by atoms with Gasteiger partial charge in [0.05, 0.1) is 11.9 Å². The van der Waals surface area contributed by atoms with E-state index in [1.807, 2.05) is 35.7 Å². The third-order valence-electron chi connectivity index (χ3n) is 4.61. The molecule has 0 fully saturated rings. The summed E-state index contributed by atoms with van der Waals surface area (Å²) in [5, 5.41) is 2.35. The van der Waals surface area contributed by atoms with Gasteiger partial charge in [0.25, 0.3) is 5.56 Å². The Morgan fingerprint density at radius 3 is 2.79 bits per heavy atom. The van der Waals surface area contributed by atoms with Gasteiger partial charge in [-0.3, -0.25) is 14.3 Å². The molecule has 1 aliphatic rings. The maximum absolute atomic E-state index is 12.6. The average molecular weight is 393 g/mol. The molecule has 0 saturated heterocycles. The number of hydrogen-bond donors (Lipinski definition) is 1. The standard InChI is InChI=1S/C20H15N3O4S/c24-19-17-13(16-2-1-9-28-16)5-6-21-18(17)23(20(25)22-19)11-12-3-4-14-15(10-12)27-8-7-26-14/h1-6,9-10H,7-8,11H2,(H,22,24,25). The highest BCUT2D eigenvalue weighted by Crippen LogP contribution is 2.31. The predicted octanol–water partition coefficient (Wildman–Crippen LogP) is 2.63. The summed E-state index contributed by atoms with van der Waals surface area (Å²) in [5.74, 6) is 1.34.